The van der Waals surface area contributed by atoms with Crippen molar-refractivity contribution in [3.8, 4) is 33.8 Å². The molecule has 0 bridgehead atoms. The third kappa shape index (κ3) is 5.21. The maximum atomic E-state index is 6.76. The largest absolute Gasteiger partial charge is 2.00 e. The second kappa shape index (κ2) is 13.6. The number of benzene rings is 8. The number of imidazole rings is 2. The Balaban J connectivity index is 0.00000408. The zero-order chi connectivity index (χ0) is 39.5. The fourth-order valence-electron chi connectivity index (χ4n) is 9.71. The Morgan fingerprint density at radius 1 is 0.417 bits per heavy atom. The van der Waals surface area contributed by atoms with Gasteiger partial charge in [-0.05, 0) is 119 Å². The van der Waals surface area contributed by atoms with Gasteiger partial charge < -0.3 is 13.5 Å². The zero-order valence-electron chi connectivity index (χ0n) is 33.4. The maximum Gasteiger partial charge on any atom is 2.00 e. The number of rotatable bonds is 4. The van der Waals surface area contributed by atoms with Crippen molar-refractivity contribution >= 4 is 76.7 Å². The summed E-state index contributed by atoms with van der Waals surface area (Å²) in [6.45, 7) is 8.89. The Hall–Kier alpha value is -6.84. The molecule has 60 heavy (non-hydrogen) atoms. The van der Waals surface area contributed by atoms with Crippen LogP contribution in [0.15, 0.2) is 146 Å². The van der Waals surface area contributed by atoms with Crippen LogP contribution in [0.25, 0.3) is 99.0 Å². The molecule has 6 heteroatoms. The first-order chi connectivity index (χ1) is 28.9. The first-order valence-corrected chi connectivity index (χ1v) is 20.1. The number of ether oxygens (including phenoxy) is 1. The Bertz CT molecular complexity index is 3720. The molecule has 0 saturated carbocycles. The van der Waals surface area contributed by atoms with Gasteiger partial charge in [-0.2, -0.15) is 0 Å². The molecular weight excluding hydrogens is 827 g/mol. The molecule has 4 aromatic heterocycles. The first-order valence-electron chi connectivity index (χ1n) is 20.1. The van der Waals surface area contributed by atoms with Crippen molar-refractivity contribution in [2.45, 2.75) is 27.7 Å². The van der Waals surface area contributed by atoms with E-state index in [2.05, 4.69) is 176 Å². The van der Waals surface area contributed by atoms with Gasteiger partial charge in [-0.1, -0.05) is 131 Å². The van der Waals surface area contributed by atoms with Crippen LogP contribution >= 0.6 is 0 Å². The maximum absolute atomic E-state index is 6.76. The summed E-state index contributed by atoms with van der Waals surface area (Å²) in [5, 5.41) is 6.25. The van der Waals surface area contributed by atoms with E-state index in [1.807, 2.05) is 18.2 Å². The minimum Gasteiger partial charge on any atom is -0.497 e. The SMILES string of the molecule is Cc1cccc(C)c1-c1ccc2c(c1-c1c(C)cccc1C)c1ccc(Oc3[c-]c4c(cc3)c3ccccc3n3c5ccccc5nc43)[c-]c1c1nc3ccccc3n21.[Pd+2]. The van der Waals surface area contributed by atoms with Crippen LogP contribution in [0.4, 0.5) is 0 Å². The van der Waals surface area contributed by atoms with Gasteiger partial charge in [0.1, 0.15) is 0 Å². The van der Waals surface area contributed by atoms with Crippen LogP contribution in [0, 0.1) is 39.8 Å². The van der Waals surface area contributed by atoms with Crippen molar-refractivity contribution in [3.05, 3.63) is 180 Å². The smallest absolute Gasteiger partial charge is 0.497 e. The Morgan fingerprint density at radius 2 is 0.917 bits per heavy atom. The van der Waals surface area contributed by atoms with E-state index >= 15 is 0 Å². The molecule has 12 rings (SSSR count). The fourth-order valence-corrected chi connectivity index (χ4v) is 9.71. The minimum atomic E-state index is 0. The standard InChI is InChI=1S/C54H36N4O.Pd/c1-31-13-11-14-32(2)49(31)40-27-28-48-51(52(40)50-33(3)15-12-16-34(50)4)39-26-24-36(30-42(39)54-56-44-19-7-10-22-47(44)58(48)54)59-35-23-25-37-38-17-5-8-20-45(38)57-46-21-9-6-18-43(46)55-53(57)41(37)29-35;/h5-28H,1-4H3;/q-2;+2. The third-order valence-corrected chi connectivity index (χ3v) is 12.2. The van der Waals surface area contributed by atoms with Gasteiger partial charge in [-0.3, -0.25) is 9.97 Å². The van der Waals surface area contributed by atoms with E-state index in [0.717, 1.165) is 76.7 Å². The molecule has 0 aliphatic carbocycles. The summed E-state index contributed by atoms with van der Waals surface area (Å²) in [5.41, 5.74) is 17.8. The normalized spacial score (nSPS) is 11.9. The predicted octanol–water partition coefficient (Wildman–Crippen LogP) is 13.9. The minimum absolute atomic E-state index is 0. The number of hydrogen-bond acceptors (Lipinski definition) is 3. The van der Waals surface area contributed by atoms with Crippen molar-refractivity contribution < 1.29 is 25.2 Å². The number of aromatic nitrogens is 4. The van der Waals surface area contributed by atoms with Crippen molar-refractivity contribution in [2.75, 3.05) is 0 Å². The summed E-state index contributed by atoms with van der Waals surface area (Å²) < 4.78 is 11.3. The van der Waals surface area contributed by atoms with Gasteiger partial charge in [0.2, 0.25) is 0 Å². The summed E-state index contributed by atoms with van der Waals surface area (Å²) in [4.78, 5) is 10.4. The van der Waals surface area contributed by atoms with Crippen LogP contribution in [0.1, 0.15) is 22.3 Å². The molecular formula is C54H36N4OPd. The van der Waals surface area contributed by atoms with E-state index in [1.165, 1.54) is 44.5 Å². The molecule has 4 heterocycles. The molecule has 0 atom stereocenters. The number of aryl methyl sites for hydroxylation is 4. The molecule has 5 nitrogen and oxygen atoms in total. The Kier molecular flexibility index (Phi) is 8.22. The van der Waals surface area contributed by atoms with Crippen LogP contribution in [-0.4, -0.2) is 18.8 Å². The van der Waals surface area contributed by atoms with E-state index in [1.54, 1.807) is 0 Å². The molecule has 0 unspecified atom stereocenters. The van der Waals surface area contributed by atoms with Crippen LogP contribution in [0.5, 0.6) is 11.5 Å². The average Bonchev–Trinajstić information content (AvgIpc) is 3.84. The van der Waals surface area contributed by atoms with Crippen molar-refractivity contribution in [2.24, 2.45) is 0 Å². The number of nitrogens with zero attached hydrogens (tertiary/aromatic N) is 4. The van der Waals surface area contributed by atoms with Crippen LogP contribution in [0.2, 0.25) is 0 Å². The van der Waals surface area contributed by atoms with Gasteiger partial charge in [-0.25, -0.2) is 0 Å². The molecule has 0 radical (unpaired) electrons. The molecule has 0 N–H and O–H groups in total. The van der Waals surface area contributed by atoms with Gasteiger partial charge in [-0.15, -0.1) is 12.1 Å². The number of para-hydroxylation sites is 5. The van der Waals surface area contributed by atoms with Crippen molar-refractivity contribution in [1.82, 2.24) is 18.8 Å². The molecule has 0 fully saturated rings. The first kappa shape index (κ1) is 36.3. The monoisotopic (exact) mass is 862 g/mol. The molecule has 0 aliphatic heterocycles. The summed E-state index contributed by atoms with van der Waals surface area (Å²) in [7, 11) is 0. The zero-order valence-corrected chi connectivity index (χ0v) is 34.9. The average molecular weight is 863 g/mol. The molecule has 0 amide bonds. The fraction of sp³-hybridized carbons (Fsp3) is 0.0741. The topological polar surface area (TPSA) is 43.8 Å². The van der Waals surface area contributed by atoms with E-state index in [0.29, 0.717) is 11.5 Å². The summed E-state index contributed by atoms with van der Waals surface area (Å²) in [6.07, 6.45) is 0. The molecule has 0 aliphatic rings. The molecule has 0 saturated heterocycles. The van der Waals surface area contributed by atoms with Gasteiger partial charge in [0, 0.05) is 22.5 Å². The summed E-state index contributed by atoms with van der Waals surface area (Å²) in [6, 6.07) is 58.7. The van der Waals surface area contributed by atoms with E-state index in [9.17, 15) is 0 Å². The Labute approximate surface area is 360 Å². The molecule has 288 valence electrons. The molecule has 0 spiro atoms. The van der Waals surface area contributed by atoms with Crippen LogP contribution in [-0.2, 0) is 20.4 Å². The second-order valence-corrected chi connectivity index (χ2v) is 15.8. The van der Waals surface area contributed by atoms with Gasteiger partial charge in [0.05, 0.1) is 33.4 Å². The summed E-state index contributed by atoms with van der Waals surface area (Å²) in [5.74, 6) is 1.18. The third-order valence-electron chi connectivity index (χ3n) is 12.2. The van der Waals surface area contributed by atoms with Gasteiger partial charge in [0.15, 0.2) is 0 Å². The Morgan fingerprint density at radius 3 is 1.53 bits per heavy atom. The van der Waals surface area contributed by atoms with Crippen molar-refractivity contribution in [3.63, 3.8) is 0 Å². The van der Waals surface area contributed by atoms with Crippen molar-refractivity contribution in [1.29, 1.82) is 0 Å². The molecule has 12 aromatic rings. The van der Waals surface area contributed by atoms with E-state index < -0.39 is 0 Å². The number of pyridine rings is 2. The van der Waals surface area contributed by atoms with E-state index in [4.69, 9.17) is 14.7 Å². The summed E-state index contributed by atoms with van der Waals surface area (Å²) >= 11 is 0. The number of hydrogen-bond donors (Lipinski definition) is 0. The van der Waals surface area contributed by atoms with Crippen LogP contribution < -0.4 is 4.74 Å². The second-order valence-electron chi connectivity index (χ2n) is 15.8. The van der Waals surface area contributed by atoms with E-state index in [-0.39, 0.29) is 20.4 Å². The van der Waals surface area contributed by atoms with Gasteiger partial charge in [0.25, 0.3) is 0 Å². The predicted molar refractivity (Wildman–Crippen MR) is 243 cm³/mol. The van der Waals surface area contributed by atoms with Gasteiger partial charge >= 0.3 is 20.4 Å². The quantitative estimate of drug-likeness (QED) is 0.101. The molecule has 8 aromatic carbocycles. The van der Waals surface area contributed by atoms with Crippen LogP contribution in [0.3, 0.4) is 0 Å². The number of fused-ring (bicyclic) bond motifs is 16.